The molecule has 0 aliphatic carbocycles. The molecule has 1 aromatic heterocycles. The molecule has 2 N–H and O–H groups in total. The molecule has 2 rings (SSSR count). The predicted octanol–water partition coefficient (Wildman–Crippen LogP) is 4.95. The number of rotatable bonds is 7. The van der Waals surface area contributed by atoms with Crippen LogP contribution in [0.25, 0.3) is 0 Å². The summed E-state index contributed by atoms with van der Waals surface area (Å²) in [7, 11) is -5.00. The van der Waals surface area contributed by atoms with E-state index in [0.717, 1.165) is 6.20 Å². The van der Waals surface area contributed by atoms with Crippen LogP contribution in [0.5, 0.6) is 0 Å². The van der Waals surface area contributed by atoms with Crippen molar-refractivity contribution in [3.05, 3.63) is 22.5 Å². The van der Waals surface area contributed by atoms with Crippen molar-refractivity contribution in [1.82, 2.24) is 9.55 Å². The molecule has 0 saturated carbocycles. The molecule has 1 saturated heterocycles. The maximum absolute atomic E-state index is 16.0. The first-order valence-electron chi connectivity index (χ1n) is 11.4. The van der Waals surface area contributed by atoms with Gasteiger partial charge in [0.15, 0.2) is 40.7 Å². The summed E-state index contributed by atoms with van der Waals surface area (Å²) in [6.45, 7) is 18.5. The van der Waals surface area contributed by atoms with E-state index in [2.05, 4.69) is 4.98 Å². The Morgan fingerprint density at radius 2 is 1.68 bits per heavy atom. The number of hydrogen-bond acceptors (Lipinski definition) is 6. The highest BCUT2D eigenvalue weighted by molar-refractivity contribution is 6.74. The number of hydrogen-bond donors (Lipinski definition) is 1. The van der Waals surface area contributed by atoms with Gasteiger partial charge in [-0.25, -0.2) is 18.0 Å². The maximum atomic E-state index is 16.0. The Balaban J connectivity index is 2.57. The highest BCUT2D eigenvalue weighted by Gasteiger charge is 2.61. The van der Waals surface area contributed by atoms with E-state index in [1.807, 2.05) is 67.7 Å². The number of ether oxygens (including phenoxy) is 1. The van der Waals surface area contributed by atoms with Crippen LogP contribution in [0.3, 0.4) is 0 Å². The minimum atomic E-state index is -2.62. The molecule has 12 heteroatoms. The van der Waals surface area contributed by atoms with Crippen molar-refractivity contribution in [2.24, 2.45) is 0 Å². The zero-order valence-electron chi connectivity index (χ0n) is 22.0. The van der Waals surface area contributed by atoms with Gasteiger partial charge < -0.3 is 19.3 Å². The predicted molar refractivity (Wildman–Crippen MR) is 132 cm³/mol. The molecule has 0 amide bonds. The molecule has 0 spiro atoms. The second kappa shape index (κ2) is 9.34. The first-order valence-corrected chi connectivity index (χ1v) is 17.2. The van der Waals surface area contributed by atoms with Gasteiger partial charge in [0.25, 0.3) is 0 Å². The summed E-state index contributed by atoms with van der Waals surface area (Å²) in [6, 6.07) is 0. The zero-order valence-corrected chi connectivity index (χ0v) is 24.0. The van der Waals surface area contributed by atoms with E-state index in [-0.39, 0.29) is 16.7 Å². The van der Waals surface area contributed by atoms with E-state index in [0.29, 0.717) is 4.57 Å². The van der Waals surface area contributed by atoms with Gasteiger partial charge in [0, 0.05) is 0 Å². The Kier molecular flexibility index (Phi) is 7.97. The van der Waals surface area contributed by atoms with E-state index in [1.165, 1.54) is 0 Å². The van der Waals surface area contributed by atoms with Gasteiger partial charge in [-0.15, -0.1) is 0 Å². The summed E-state index contributed by atoms with van der Waals surface area (Å²) in [5, 5.41) is -0.493. The van der Waals surface area contributed by atoms with E-state index < -0.39 is 64.7 Å². The second-order valence-corrected chi connectivity index (χ2v) is 21.7. The number of anilines is 1. The van der Waals surface area contributed by atoms with Gasteiger partial charge in [-0.05, 0) is 36.3 Å². The van der Waals surface area contributed by atoms with Gasteiger partial charge in [-0.3, -0.25) is 4.57 Å². The van der Waals surface area contributed by atoms with Gasteiger partial charge in [-0.1, -0.05) is 41.5 Å². The molecule has 0 bridgehead atoms. The summed E-state index contributed by atoms with van der Waals surface area (Å²) in [4.78, 5) is 15.8. The Bertz CT molecular complexity index is 947. The van der Waals surface area contributed by atoms with Crippen LogP contribution in [0, 0.1) is 5.82 Å². The summed E-state index contributed by atoms with van der Waals surface area (Å²) < 4.78 is 64.2. The molecule has 7 nitrogen and oxygen atoms in total. The van der Waals surface area contributed by atoms with Crippen LogP contribution in [0.15, 0.2) is 11.0 Å². The molecular formula is C22H40F3N3O4Si2. The number of alkyl halides is 2. The van der Waals surface area contributed by atoms with Crippen molar-refractivity contribution in [3.8, 4) is 0 Å². The SMILES string of the molecule is CC(C)(C)[Si](C)(C)OC[C@@]1(CF)O[C@@H](n2cc(F)c(N)nc2=O)[C@@H](F)[C@@H]1O[Si](C)(C)C(C)(C)C. The topological polar surface area (TPSA) is 88.6 Å². The summed E-state index contributed by atoms with van der Waals surface area (Å²) in [6.07, 6.45) is -4.27. The van der Waals surface area contributed by atoms with Crippen molar-refractivity contribution < 1.29 is 26.8 Å². The van der Waals surface area contributed by atoms with Crippen molar-refractivity contribution in [1.29, 1.82) is 0 Å². The van der Waals surface area contributed by atoms with Crippen molar-refractivity contribution >= 4 is 22.5 Å². The smallest absolute Gasteiger partial charge is 0.351 e. The van der Waals surface area contributed by atoms with Crippen LogP contribution >= 0.6 is 0 Å². The van der Waals surface area contributed by atoms with Gasteiger partial charge in [0.05, 0.1) is 12.8 Å². The first kappa shape index (κ1) is 29.0. The van der Waals surface area contributed by atoms with Crippen LogP contribution in [0.1, 0.15) is 47.8 Å². The van der Waals surface area contributed by atoms with Crippen LogP contribution in [-0.2, 0) is 13.6 Å². The largest absolute Gasteiger partial charge is 0.414 e. The molecule has 4 atom stereocenters. The first-order chi connectivity index (χ1) is 15.2. The number of nitrogen functional groups attached to an aromatic ring is 1. The number of aromatic nitrogens is 2. The molecule has 0 aromatic carbocycles. The van der Waals surface area contributed by atoms with Crippen molar-refractivity contribution in [2.45, 2.75) is 102 Å². The quantitative estimate of drug-likeness (QED) is 0.509. The molecular weight excluding hydrogens is 483 g/mol. The van der Waals surface area contributed by atoms with Crippen LogP contribution in [0.4, 0.5) is 19.0 Å². The molecule has 1 aliphatic rings. The lowest BCUT2D eigenvalue weighted by molar-refractivity contribution is -0.133. The van der Waals surface area contributed by atoms with Gasteiger partial charge >= 0.3 is 5.69 Å². The third-order valence-corrected chi connectivity index (χ3v) is 16.5. The third kappa shape index (κ3) is 5.45. The minimum Gasteiger partial charge on any atom is -0.414 e. The fourth-order valence-corrected chi connectivity index (χ4v) is 5.48. The van der Waals surface area contributed by atoms with Crippen molar-refractivity contribution in [3.63, 3.8) is 0 Å². The third-order valence-electron chi connectivity index (χ3n) is 7.58. The summed E-state index contributed by atoms with van der Waals surface area (Å²) in [5.41, 5.74) is 2.54. The number of nitrogens with two attached hydrogens (primary N) is 1. The lowest BCUT2D eigenvalue weighted by atomic mass is 9.98. The summed E-state index contributed by atoms with van der Waals surface area (Å²) in [5.74, 6) is -1.62. The molecule has 0 unspecified atom stereocenters. The molecule has 1 aromatic rings. The lowest BCUT2D eigenvalue weighted by Gasteiger charge is -2.44. The Hall–Kier alpha value is -1.22. The van der Waals surface area contributed by atoms with Crippen LogP contribution in [-0.4, -0.2) is 57.3 Å². The average Bonchev–Trinajstić information content (AvgIpc) is 2.94. The van der Waals surface area contributed by atoms with E-state index in [1.54, 1.807) is 0 Å². The molecule has 1 aliphatic heterocycles. The number of halogens is 3. The standard InChI is InChI=1S/C22H40F3N3O4Si2/c1-20(2,3)33(7,8)30-13-22(12-23)16(32-34(9,10)21(4,5)6)15(25)18(31-22)28-11-14(24)17(26)27-19(28)29/h11,15-16,18H,12-13H2,1-10H3,(H2,26,27,29)/t15-,16-,18+,22+/m0/s1. The van der Waals surface area contributed by atoms with Crippen LogP contribution in [0.2, 0.25) is 36.3 Å². The molecule has 0 radical (unpaired) electrons. The number of nitrogens with zero attached hydrogens (tertiary/aromatic N) is 2. The normalized spacial score (nSPS) is 26.8. The Morgan fingerprint density at radius 3 is 2.15 bits per heavy atom. The Labute approximate surface area is 202 Å². The average molecular weight is 524 g/mol. The lowest BCUT2D eigenvalue weighted by Crippen LogP contribution is -2.57. The zero-order chi connectivity index (χ0) is 26.5. The van der Waals surface area contributed by atoms with E-state index in [9.17, 15) is 13.6 Å². The monoisotopic (exact) mass is 523 g/mol. The van der Waals surface area contributed by atoms with Crippen LogP contribution < -0.4 is 11.4 Å². The van der Waals surface area contributed by atoms with Gasteiger partial charge in [0.2, 0.25) is 0 Å². The van der Waals surface area contributed by atoms with Gasteiger partial charge in [-0.2, -0.15) is 4.98 Å². The van der Waals surface area contributed by atoms with Gasteiger partial charge in [0.1, 0.15) is 18.4 Å². The second-order valence-electron chi connectivity index (χ2n) is 12.2. The molecule has 1 fully saturated rings. The fraction of sp³-hybridized carbons (Fsp3) is 0.818. The minimum absolute atomic E-state index is 0.186. The Morgan fingerprint density at radius 1 is 1.15 bits per heavy atom. The maximum Gasteiger partial charge on any atom is 0.351 e. The molecule has 196 valence electrons. The molecule has 34 heavy (non-hydrogen) atoms. The highest BCUT2D eigenvalue weighted by Crippen LogP contribution is 2.47. The summed E-state index contributed by atoms with van der Waals surface area (Å²) >= 11 is 0. The fourth-order valence-electron chi connectivity index (χ4n) is 3.11. The highest BCUT2D eigenvalue weighted by atomic mass is 28.4. The van der Waals surface area contributed by atoms with E-state index >= 15 is 4.39 Å². The van der Waals surface area contributed by atoms with Crippen molar-refractivity contribution in [2.75, 3.05) is 19.0 Å². The van der Waals surface area contributed by atoms with E-state index in [4.69, 9.17) is 19.3 Å². The molecule has 2 heterocycles.